The van der Waals surface area contributed by atoms with E-state index in [9.17, 15) is 14.4 Å². The molecule has 8 heteroatoms. The summed E-state index contributed by atoms with van der Waals surface area (Å²) in [5.74, 6) is -0.488. The Balaban J connectivity index is 2.04. The van der Waals surface area contributed by atoms with Gasteiger partial charge < -0.3 is 9.64 Å². The van der Waals surface area contributed by atoms with Gasteiger partial charge in [0.25, 0.3) is 5.56 Å². The minimum atomic E-state index is -0.518. The molecule has 7 nitrogen and oxygen atoms in total. The van der Waals surface area contributed by atoms with Crippen molar-refractivity contribution >= 4 is 27.5 Å². The highest BCUT2D eigenvalue weighted by Crippen LogP contribution is 2.30. The minimum absolute atomic E-state index is 0.210. The number of carbonyl (C=O) groups is 1. The Kier molecular flexibility index (Phi) is 4.91. The van der Waals surface area contributed by atoms with Crippen LogP contribution in [0.5, 0.6) is 0 Å². The number of benzene rings is 1. The summed E-state index contributed by atoms with van der Waals surface area (Å²) in [4.78, 5) is 41.8. The Hall–Kier alpha value is -2.71. The van der Waals surface area contributed by atoms with Crippen molar-refractivity contribution in [3.8, 4) is 5.69 Å². The molecule has 0 spiro atoms. The predicted octanol–water partition coefficient (Wildman–Crippen LogP) is 0.348. The second-order valence-electron chi connectivity index (χ2n) is 6.97. The van der Waals surface area contributed by atoms with E-state index in [1.54, 1.807) is 31.2 Å². The minimum Gasteiger partial charge on any atom is -0.465 e. The summed E-state index contributed by atoms with van der Waals surface area (Å²) in [6.45, 7) is 3.50. The van der Waals surface area contributed by atoms with Crippen molar-refractivity contribution in [1.82, 2.24) is 9.13 Å². The summed E-state index contributed by atoms with van der Waals surface area (Å²) in [6.07, 6.45) is 0.781. The number of thiophene rings is 1. The van der Waals surface area contributed by atoms with Gasteiger partial charge in [0.2, 0.25) is 0 Å². The first-order valence-corrected chi connectivity index (χ1v) is 10.1. The van der Waals surface area contributed by atoms with Gasteiger partial charge >= 0.3 is 11.7 Å². The molecule has 0 amide bonds. The number of hydrogen-bond donors (Lipinski definition) is 1. The molecular weight excluding hydrogens is 378 g/mol. The predicted molar refractivity (Wildman–Crippen MR) is 107 cm³/mol. The molecule has 146 valence electrons. The molecule has 28 heavy (non-hydrogen) atoms. The number of likely N-dealkylation sites (N-methyl/N-ethyl adjacent to an activating group) is 1. The summed E-state index contributed by atoms with van der Waals surface area (Å²) < 4.78 is 7.61. The number of carbonyl (C=O) groups excluding carboxylic acids is 1. The number of para-hydroxylation sites is 1. The normalized spacial score (nSPS) is 16.1. The van der Waals surface area contributed by atoms with Crippen molar-refractivity contribution in [2.24, 2.45) is 0 Å². The highest BCUT2D eigenvalue weighted by molar-refractivity contribution is 7.18. The van der Waals surface area contributed by atoms with Crippen molar-refractivity contribution in [2.75, 3.05) is 20.2 Å². The second-order valence-corrected chi connectivity index (χ2v) is 8.05. The van der Waals surface area contributed by atoms with Crippen LogP contribution < -0.4 is 16.1 Å². The van der Waals surface area contributed by atoms with Crippen molar-refractivity contribution in [2.45, 2.75) is 26.4 Å². The fraction of sp³-hybridized carbons (Fsp3) is 0.350. The van der Waals surface area contributed by atoms with Crippen LogP contribution in [0.3, 0.4) is 0 Å². The monoisotopic (exact) mass is 400 g/mol. The van der Waals surface area contributed by atoms with Crippen LogP contribution in [0, 0.1) is 0 Å². The van der Waals surface area contributed by atoms with Gasteiger partial charge in [0.1, 0.15) is 17.9 Å². The number of nitrogens with zero attached hydrogens (tertiary/aromatic N) is 2. The van der Waals surface area contributed by atoms with E-state index in [0.29, 0.717) is 15.9 Å². The first-order valence-electron chi connectivity index (χ1n) is 9.33. The van der Waals surface area contributed by atoms with Gasteiger partial charge in [0.15, 0.2) is 0 Å². The van der Waals surface area contributed by atoms with Crippen LogP contribution in [0.2, 0.25) is 0 Å². The van der Waals surface area contributed by atoms with Crippen LogP contribution in [-0.4, -0.2) is 35.3 Å². The van der Waals surface area contributed by atoms with Crippen LogP contribution in [0.4, 0.5) is 0 Å². The third-order valence-corrected chi connectivity index (χ3v) is 6.28. The van der Waals surface area contributed by atoms with E-state index < -0.39 is 11.7 Å². The fourth-order valence-corrected chi connectivity index (χ4v) is 5.15. The fourth-order valence-electron chi connectivity index (χ4n) is 3.70. The number of nitrogens with one attached hydrogen (secondary N) is 1. The molecule has 3 heterocycles. The number of rotatable bonds is 4. The molecule has 1 N–H and O–H groups in total. The van der Waals surface area contributed by atoms with Crippen molar-refractivity contribution in [3.05, 3.63) is 61.6 Å². The zero-order valence-corrected chi connectivity index (χ0v) is 16.7. The number of aromatic nitrogens is 2. The SMILES string of the molecule is CCOC(=O)Cn1c(=O)n(-c2ccccc2)c(=O)c2c3c(sc21)C[NH+](C)CC3. The number of ether oxygens (including phenoxy) is 1. The lowest BCUT2D eigenvalue weighted by atomic mass is 10.1. The smallest absolute Gasteiger partial charge is 0.337 e. The topological polar surface area (TPSA) is 74.7 Å². The van der Waals surface area contributed by atoms with Crippen LogP contribution in [0.15, 0.2) is 39.9 Å². The molecule has 2 aromatic heterocycles. The first kappa shape index (κ1) is 18.6. The molecule has 0 radical (unpaired) electrons. The van der Waals surface area contributed by atoms with Crippen LogP contribution >= 0.6 is 11.3 Å². The number of quaternary nitrogens is 1. The number of fused-ring (bicyclic) bond motifs is 3. The van der Waals surface area contributed by atoms with Gasteiger partial charge in [-0.05, 0) is 24.6 Å². The maximum Gasteiger partial charge on any atom is 0.337 e. The van der Waals surface area contributed by atoms with Crippen molar-refractivity contribution in [3.63, 3.8) is 0 Å². The molecule has 1 aliphatic heterocycles. The van der Waals surface area contributed by atoms with Crippen LogP contribution in [0.1, 0.15) is 17.4 Å². The van der Waals surface area contributed by atoms with E-state index in [4.69, 9.17) is 4.74 Å². The molecule has 3 aromatic rings. The molecule has 1 aromatic carbocycles. The quantitative estimate of drug-likeness (QED) is 0.642. The summed E-state index contributed by atoms with van der Waals surface area (Å²) in [6, 6.07) is 8.83. The Morgan fingerprint density at radius 1 is 1.25 bits per heavy atom. The maximum atomic E-state index is 13.4. The van der Waals surface area contributed by atoms with Crippen LogP contribution in [0.25, 0.3) is 15.9 Å². The van der Waals surface area contributed by atoms with Gasteiger partial charge in [-0.25, -0.2) is 9.36 Å². The number of esters is 1. The summed E-state index contributed by atoms with van der Waals surface area (Å²) in [7, 11) is 2.11. The average Bonchev–Trinajstić information content (AvgIpc) is 3.05. The number of hydrogen-bond acceptors (Lipinski definition) is 5. The van der Waals surface area contributed by atoms with Gasteiger partial charge in [-0.3, -0.25) is 14.2 Å². The van der Waals surface area contributed by atoms with Crippen molar-refractivity contribution < 1.29 is 14.4 Å². The zero-order chi connectivity index (χ0) is 19.8. The van der Waals surface area contributed by atoms with E-state index in [1.165, 1.54) is 25.4 Å². The largest absolute Gasteiger partial charge is 0.465 e. The summed E-state index contributed by atoms with van der Waals surface area (Å²) >= 11 is 1.44. The van der Waals surface area contributed by atoms with E-state index in [-0.39, 0.29) is 18.7 Å². The van der Waals surface area contributed by atoms with E-state index in [1.807, 2.05) is 6.07 Å². The highest BCUT2D eigenvalue weighted by atomic mass is 32.1. The molecule has 1 aliphatic rings. The lowest BCUT2D eigenvalue weighted by Crippen LogP contribution is -3.08. The lowest BCUT2D eigenvalue weighted by Gasteiger charge is -2.19. The Bertz CT molecular complexity index is 1160. The van der Waals surface area contributed by atoms with Crippen LogP contribution in [-0.2, 0) is 29.0 Å². The zero-order valence-electron chi connectivity index (χ0n) is 15.9. The van der Waals surface area contributed by atoms with Gasteiger partial charge in [-0.15, -0.1) is 11.3 Å². The summed E-state index contributed by atoms with van der Waals surface area (Å²) in [5.41, 5.74) is 0.674. The molecule has 0 saturated carbocycles. The molecule has 1 atom stereocenters. The van der Waals surface area contributed by atoms with E-state index >= 15 is 0 Å². The first-order chi connectivity index (χ1) is 13.5. The Labute approximate surface area is 165 Å². The average molecular weight is 400 g/mol. The van der Waals surface area contributed by atoms with Crippen molar-refractivity contribution in [1.29, 1.82) is 0 Å². The summed E-state index contributed by atoms with van der Waals surface area (Å²) in [5, 5.41) is 0.556. The molecular formula is C20H22N3O4S+. The van der Waals surface area contributed by atoms with E-state index in [0.717, 1.165) is 30.0 Å². The standard InChI is InChI=1S/C20H21N3O4S/c1-3-27-16(24)12-22-19-17(14-9-10-21(2)11-15(14)28-19)18(25)23(20(22)26)13-7-5-4-6-8-13/h4-8H,3,9-12H2,1-2H3/p+1. The van der Waals surface area contributed by atoms with Gasteiger partial charge in [0, 0.05) is 6.42 Å². The third-order valence-electron chi connectivity index (χ3n) is 5.03. The molecule has 0 fully saturated rings. The molecule has 0 bridgehead atoms. The lowest BCUT2D eigenvalue weighted by molar-refractivity contribution is -0.895. The van der Waals surface area contributed by atoms with Gasteiger partial charge in [0.05, 0.1) is 36.2 Å². The second kappa shape index (κ2) is 7.37. The Morgan fingerprint density at radius 3 is 2.71 bits per heavy atom. The Morgan fingerprint density at radius 2 is 2.00 bits per heavy atom. The van der Waals surface area contributed by atoms with E-state index in [2.05, 4.69) is 7.05 Å². The molecule has 0 saturated heterocycles. The molecule has 1 unspecified atom stereocenters. The third kappa shape index (κ3) is 3.08. The maximum absolute atomic E-state index is 13.4. The molecule has 0 aliphatic carbocycles. The molecule has 4 rings (SSSR count). The highest BCUT2D eigenvalue weighted by Gasteiger charge is 2.27. The van der Waals surface area contributed by atoms with Gasteiger partial charge in [-0.2, -0.15) is 0 Å². The van der Waals surface area contributed by atoms with Gasteiger partial charge in [-0.1, -0.05) is 18.2 Å².